The summed E-state index contributed by atoms with van der Waals surface area (Å²) >= 11 is 0. The molecule has 1 fully saturated rings. The number of aromatic nitrogens is 2. The van der Waals surface area contributed by atoms with Crippen LogP contribution in [0.5, 0.6) is 0 Å². The van der Waals surface area contributed by atoms with Gasteiger partial charge < -0.3 is 10.2 Å². The Kier molecular flexibility index (Phi) is 3.22. The Morgan fingerprint density at radius 3 is 2.88 bits per heavy atom. The topological polar surface area (TPSA) is 41.1 Å². The van der Waals surface area contributed by atoms with Gasteiger partial charge in [0.05, 0.1) is 6.20 Å². The van der Waals surface area contributed by atoms with Crippen molar-refractivity contribution >= 4 is 11.8 Å². The van der Waals surface area contributed by atoms with E-state index in [1.54, 1.807) is 7.05 Å². The van der Waals surface area contributed by atoms with Crippen molar-refractivity contribution in [1.29, 1.82) is 0 Å². The van der Waals surface area contributed by atoms with Crippen LogP contribution in [0.25, 0.3) is 0 Å². The van der Waals surface area contributed by atoms with Gasteiger partial charge in [0.1, 0.15) is 0 Å². The van der Waals surface area contributed by atoms with E-state index in [0.717, 1.165) is 13.1 Å². The van der Waals surface area contributed by atoms with Crippen LogP contribution in [-0.2, 0) is 0 Å². The first kappa shape index (κ1) is 11.1. The third-order valence-electron chi connectivity index (χ3n) is 2.81. The molecule has 0 spiro atoms. The molecular weight excluding hydrogens is 207 g/mol. The lowest BCUT2D eigenvalue weighted by Crippen LogP contribution is -2.27. The number of hydrogen-bond donors (Lipinski definition) is 1. The van der Waals surface area contributed by atoms with Crippen LogP contribution >= 0.6 is 0 Å². The molecule has 88 valence electrons. The lowest BCUT2D eigenvalue weighted by atomic mass is 10.3. The summed E-state index contributed by atoms with van der Waals surface area (Å²) < 4.78 is 13.6. The smallest absolute Gasteiger partial charge is 0.224 e. The monoisotopic (exact) mass is 224 g/mol. The highest BCUT2D eigenvalue weighted by Gasteiger charge is 2.25. The molecule has 1 N–H and O–H groups in total. The Hall–Kier alpha value is -1.39. The molecule has 2 rings (SSSR count). The lowest BCUT2D eigenvalue weighted by molar-refractivity contribution is 0.598. The van der Waals surface area contributed by atoms with Gasteiger partial charge in [0, 0.05) is 20.1 Å². The van der Waals surface area contributed by atoms with Crippen LogP contribution in [0.2, 0.25) is 0 Å². The Bertz CT molecular complexity index is 365. The van der Waals surface area contributed by atoms with Crippen molar-refractivity contribution in [3.63, 3.8) is 0 Å². The minimum atomic E-state index is -0.346. The number of nitrogens with zero attached hydrogens (tertiary/aromatic N) is 3. The van der Waals surface area contributed by atoms with E-state index in [4.69, 9.17) is 0 Å². The first-order valence-electron chi connectivity index (χ1n) is 5.69. The average molecular weight is 224 g/mol. The van der Waals surface area contributed by atoms with Gasteiger partial charge >= 0.3 is 0 Å². The summed E-state index contributed by atoms with van der Waals surface area (Å²) in [7, 11) is 1.73. The molecule has 1 heterocycles. The first-order valence-corrected chi connectivity index (χ1v) is 5.69. The molecule has 1 aromatic heterocycles. The molecule has 0 radical (unpaired) electrons. The number of nitrogens with one attached hydrogen (secondary N) is 1. The van der Waals surface area contributed by atoms with Crippen molar-refractivity contribution in [2.24, 2.45) is 5.92 Å². The third kappa shape index (κ3) is 2.40. The Labute approximate surface area is 94.9 Å². The molecule has 0 aromatic carbocycles. The van der Waals surface area contributed by atoms with E-state index >= 15 is 0 Å². The molecule has 4 nitrogen and oxygen atoms in total. The molecule has 16 heavy (non-hydrogen) atoms. The Balaban J connectivity index is 2.20. The first-order chi connectivity index (χ1) is 7.74. The highest BCUT2D eigenvalue weighted by atomic mass is 19.1. The van der Waals surface area contributed by atoms with Crippen molar-refractivity contribution in [1.82, 2.24) is 9.97 Å². The molecule has 5 heteroatoms. The maximum atomic E-state index is 13.6. The van der Waals surface area contributed by atoms with Crippen LogP contribution in [0.1, 0.15) is 19.8 Å². The third-order valence-corrected chi connectivity index (χ3v) is 2.81. The van der Waals surface area contributed by atoms with Crippen LogP contribution < -0.4 is 10.2 Å². The quantitative estimate of drug-likeness (QED) is 0.829. The zero-order valence-corrected chi connectivity index (χ0v) is 9.70. The van der Waals surface area contributed by atoms with Gasteiger partial charge in [-0.2, -0.15) is 4.98 Å². The molecule has 0 aliphatic heterocycles. The zero-order valence-electron chi connectivity index (χ0n) is 9.70. The summed E-state index contributed by atoms with van der Waals surface area (Å²) in [5.74, 6) is 1.24. The SMILES string of the molecule is CCN(CC1CC1)c1nc(NC)ncc1F. The zero-order chi connectivity index (χ0) is 11.5. The summed E-state index contributed by atoms with van der Waals surface area (Å²) in [6.07, 6.45) is 3.73. The van der Waals surface area contributed by atoms with Crippen molar-refractivity contribution in [3.8, 4) is 0 Å². The second kappa shape index (κ2) is 4.63. The minimum Gasteiger partial charge on any atom is -0.357 e. The van der Waals surface area contributed by atoms with Gasteiger partial charge in [0.25, 0.3) is 0 Å². The number of rotatable bonds is 5. The van der Waals surface area contributed by atoms with E-state index < -0.39 is 0 Å². The molecule has 1 aliphatic rings. The van der Waals surface area contributed by atoms with Gasteiger partial charge in [-0.25, -0.2) is 9.37 Å². The minimum absolute atomic E-state index is 0.346. The summed E-state index contributed by atoms with van der Waals surface area (Å²) in [6.45, 7) is 3.68. The van der Waals surface area contributed by atoms with Gasteiger partial charge in [-0.15, -0.1) is 0 Å². The Morgan fingerprint density at radius 1 is 1.56 bits per heavy atom. The predicted molar refractivity (Wildman–Crippen MR) is 62.1 cm³/mol. The fourth-order valence-corrected chi connectivity index (χ4v) is 1.68. The maximum absolute atomic E-state index is 13.6. The van der Waals surface area contributed by atoms with Gasteiger partial charge in [-0.1, -0.05) is 0 Å². The molecular formula is C11H17FN4. The maximum Gasteiger partial charge on any atom is 0.224 e. The fourth-order valence-electron chi connectivity index (χ4n) is 1.68. The lowest BCUT2D eigenvalue weighted by Gasteiger charge is -2.22. The molecule has 0 unspecified atom stereocenters. The standard InChI is InChI=1S/C11H17FN4/c1-3-16(7-8-4-5-8)10-9(12)6-14-11(13-2)15-10/h6,8H,3-5,7H2,1-2H3,(H,13,14,15). The molecule has 0 amide bonds. The van der Waals surface area contributed by atoms with Gasteiger partial charge in [0.2, 0.25) is 5.95 Å². The van der Waals surface area contributed by atoms with Crippen molar-refractivity contribution in [3.05, 3.63) is 12.0 Å². The second-order valence-electron chi connectivity index (χ2n) is 4.10. The van der Waals surface area contributed by atoms with Crippen LogP contribution in [-0.4, -0.2) is 30.1 Å². The Morgan fingerprint density at radius 2 is 2.31 bits per heavy atom. The van der Waals surface area contributed by atoms with Crippen LogP contribution in [0.4, 0.5) is 16.2 Å². The van der Waals surface area contributed by atoms with Crippen molar-refractivity contribution in [2.75, 3.05) is 30.4 Å². The number of anilines is 2. The summed E-state index contributed by atoms with van der Waals surface area (Å²) in [5.41, 5.74) is 0. The van der Waals surface area contributed by atoms with Gasteiger partial charge in [0.15, 0.2) is 11.6 Å². The molecule has 0 bridgehead atoms. The van der Waals surface area contributed by atoms with Crippen molar-refractivity contribution < 1.29 is 4.39 Å². The number of halogens is 1. The van der Waals surface area contributed by atoms with Crippen LogP contribution in [0.15, 0.2) is 6.20 Å². The van der Waals surface area contributed by atoms with Gasteiger partial charge in [-0.05, 0) is 25.7 Å². The molecule has 1 aromatic rings. The highest BCUT2D eigenvalue weighted by Crippen LogP contribution is 2.31. The van der Waals surface area contributed by atoms with Crippen LogP contribution in [0.3, 0.4) is 0 Å². The predicted octanol–water partition coefficient (Wildman–Crippen LogP) is 1.89. The largest absolute Gasteiger partial charge is 0.357 e. The molecule has 0 atom stereocenters. The van der Waals surface area contributed by atoms with Crippen molar-refractivity contribution in [2.45, 2.75) is 19.8 Å². The number of hydrogen-bond acceptors (Lipinski definition) is 4. The van der Waals surface area contributed by atoms with Crippen LogP contribution in [0, 0.1) is 11.7 Å². The molecule has 1 aliphatic carbocycles. The summed E-state index contributed by atoms with van der Waals surface area (Å²) in [5, 5.41) is 2.83. The van der Waals surface area contributed by atoms with E-state index in [2.05, 4.69) is 15.3 Å². The van der Waals surface area contributed by atoms with E-state index in [-0.39, 0.29) is 5.82 Å². The normalized spacial score (nSPS) is 14.9. The van der Waals surface area contributed by atoms with E-state index in [0.29, 0.717) is 17.7 Å². The average Bonchev–Trinajstić information content (AvgIpc) is 3.11. The van der Waals surface area contributed by atoms with E-state index in [1.165, 1.54) is 19.0 Å². The van der Waals surface area contributed by atoms with E-state index in [1.807, 2.05) is 11.8 Å². The molecule has 1 saturated carbocycles. The highest BCUT2D eigenvalue weighted by molar-refractivity contribution is 5.43. The second-order valence-corrected chi connectivity index (χ2v) is 4.10. The molecule has 0 saturated heterocycles. The van der Waals surface area contributed by atoms with Gasteiger partial charge in [-0.3, -0.25) is 0 Å². The van der Waals surface area contributed by atoms with E-state index in [9.17, 15) is 4.39 Å². The summed E-state index contributed by atoms with van der Waals surface area (Å²) in [4.78, 5) is 10.00. The fraction of sp³-hybridized carbons (Fsp3) is 0.636. The summed E-state index contributed by atoms with van der Waals surface area (Å²) in [6, 6.07) is 0.